The van der Waals surface area contributed by atoms with Crippen LogP contribution in [0.3, 0.4) is 0 Å². The second-order valence-corrected chi connectivity index (χ2v) is 7.44. The van der Waals surface area contributed by atoms with Gasteiger partial charge in [0.2, 0.25) is 0 Å². The number of rotatable bonds is 3. The first-order valence-corrected chi connectivity index (χ1v) is 9.52. The molecule has 1 aromatic heterocycles. The van der Waals surface area contributed by atoms with Gasteiger partial charge in [0, 0.05) is 22.3 Å². The number of halogens is 4. The lowest BCUT2D eigenvalue weighted by atomic mass is 9.99. The fourth-order valence-electron chi connectivity index (χ4n) is 3.48. The molecular weight excluding hydrogens is 463 g/mol. The summed E-state index contributed by atoms with van der Waals surface area (Å²) in [5.74, 6) is 0.557. The lowest BCUT2D eigenvalue weighted by Crippen LogP contribution is -2.20. The van der Waals surface area contributed by atoms with E-state index in [1.165, 1.54) is 12.1 Å². The standard InChI is InChI=1S/C20H11BrF3N5O/c21-15-7-11(1-2-12(15)8-25)19-27-17(28-30-19)10-29-6-5-14-16(29)4-3-13(9-26)18(14)20(22,23)24/h1-4,7H,5-6,10H2. The molecule has 2 aromatic carbocycles. The lowest BCUT2D eigenvalue weighted by Gasteiger charge is -2.19. The molecule has 0 saturated heterocycles. The Morgan fingerprint density at radius 3 is 2.53 bits per heavy atom. The van der Waals surface area contributed by atoms with E-state index in [0.29, 0.717) is 33.7 Å². The summed E-state index contributed by atoms with van der Waals surface area (Å²) in [4.78, 5) is 6.05. The molecule has 30 heavy (non-hydrogen) atoms. The fraction of sp³-hybridized carbons (Fsp3) is 0.200. The van der Waals surface area contributed by atoms with Gasteiger partial charge < -0.3 is 9.42 Å². The smallest absolute Gasteiger partial charge is 0.363 e. The minimum Gasteiger partial charge on any atom is -0.363 e. The summed E-state index contributed by atoms with van der Waals surface area (Å²) in [5.41, 5.74) is 0.344. The van der Waals surface area contributed by atoms with Crippen molar-refractivity contribution in [3.05, 3.63) is 62.9 Å². The number of fused-ring (bicyclic) bond motifs is 1. The van der Waals surface area contributed by atoms with E-state index >= 15 is 0 Å². The molecule has 0 saturated carbocycles. The Labute approximate surface area is 177 Å². The van der Waals surface area contributed by atoms with Crippen LogP contribution in [0.5, 0.6) is 0 Å². The van der Waals surface area contributed by atoms with Crippen LogP contribution in [0.15, 0.2) is 39.3 Å². The molecule has 2 heterocycles. The van der Waals surface area contributed by atoms with Crippen molar-refractivity contribution in [1.82, 2.24) is 10.1 Å². The Bertz CT molecular complexity index is 1220. The zero-order valence-corrected chi connectivity index (χ0v) is 16.8. The Kier molecular flexibility index (Phi) is 4.96. The maximum absolute atomic E-state index is 13.5. The van der Waals surface area contributed by atoms with Crippen molar-refractivity contribution < 1.29 is 17.7 Å². The van der Waals surface area contributed by atoms with Crippen LogP contribution < -0.4 is 4.90 Å². The Balaban J connectivity index is 1.61. The van der Waals surface area contributed by atoms with Crippen molar-refractivity contribution in [1.29, 1.82) is 10.5 Å². The van der Waals surface area contributed by atoms with Gasteiger partial charge in [-0.25, -0.2) is 0 Å². The van der Waals surface area contributed by atoms with Gasteiger partial charge in [-0.2, -0.15) is 28.7 Å². The molecule has 1 aliphatic rings. The van der Waals surface area contributed by atoms with Crippen LogP contribution >= 0.6 is 15.9 Å². The predicted molar refractivity (Wildman–Crippen MR) is 103 cm³/mol. The number of benzene rings is 2. The summed E-state index contributed by atoms with van der Waals surface area (Å²) in [6.45, 7) is 0.511. The zero-order valence-electron chi connectivity index (χ0n) is 15.2. The van der Waals surface area contributed by atoms with Gasteiger partial charge in [0.25, 0.3) is 5.89 Å². The number of hydrogen-bond donors (Lipinski definition) is 0. The molecule has 0 radical (unpaired) electrons. The van der Waals surface area contributed by atoms with Gasteiger partial charge in [-0.15, -0.1) is 0 Å². The first kappa shape index (κ1) is 19.9. The molecule has 0 aliphatic carbocycles. The van der Waals surface area contributed by atoms with E-state index in [-0.39, 0.29) is 30.0 Å². The van der Waals surface area contributed by atoms with Crippen molar-refractivity contribution in [2.45, 2.75) is 19.1 Å². The van der Waals surface area contributed by atoms with E-state index in [4.69, 9.17) is 15.0 Å². The van der Waals surface area contributed by atoms with Crippen LogP contribution in [0, 0.1) is 22.7 Å². The molecule has 0 amide bonds. The molecule has 1 aliphatic heterocycles. The van der Waals surface area contributed by atoms with Gasteiger partial charge in [0.1, 0.15) is 6.07 Å². The maximum Gasteiger partial charge on any atom is 0.418 e. The van der Waals surface area contributed by atoms with E-state index in [2.05, 4.69) is 26.1 Å². The van der Waals surface area contributed by atoms with Gasteiger partial charge in [-0.1, -0.05) is 5.16 Å². The van der Waals surface area contributed by atoms with Crippen LogP contribution in [0.4, 0.5) is 18.9 Å². The van der Waals surface area contributed by atoms with Gasteiger partial charge in [-0.3, -0.25) is 0 Å². The highest BCUT2D eigenvalue weighted by Gasteiger charge is 2.39. The Morgan fingerprint density at radius 1 is 1.13 bits per heavy atom. The number of nitrogens with zero attached hydrogens (tertiary/aromatic N) is 5. The minimum atomic E-state index is -4.60. The summed E-state index contributed by atoms with van der Waals surface area (Å²) in [5, 5.41) is 22.0. The molecule has 3 aromatic rings. The fourth-order valence-corrected chi connectivity index (χ4v) is 3.95. The third kappa shape index (κ3) is 3.51. The summed E-state index contributed by atoms with van der Waals surface area (Å²) >= 11 is 3.30. The number of nitriles is 2. The molecule has 6 nitrogen and oxygen atoms in total. The van der Waals surface area contributed by atoms with Crippen LogP contribution in [-0.4, -0.2) is 16.7 Å². The minimum absolute atomic E-state index is 0.112. The Hall–Kier alpha value is -3.37. The van der Waals surface area contributed by atoms with Crippen LogP contribution in [-0.2, 0) is 19.1 Å². The quantitative estimate of drug-likeness (QED) is 0.541. The third-order valence-corrected chi connectivity index (χ3v) is 5.46. The highest BCUT2D eigenvalue weighted by atomic mass is 79.9. The molecule has 0 unspecified atom stereocenters. The lowest BCUT2D eigenvalue weighted by molar-refractivity contribution is -0.138. The van der Waals surface area contributed by atoms with E-state index in [1.54, 1.807) is 29.2 Å². The van der Waals surface area contributed by atoms with Crippen LogP contribution in [0.25, 0.3) is 11.5 Å². The highest BCUT2D eigenvalue weighted by Crippen LogP contribution is 2.42. The number of alkyl halides is 3. The highest BCUT2D eigenvalue weighted by molar-refractivity contribution is 9.10. The molecule has 0 fully saturated rings. The largest absolute Gasteiger partial charge is 0.418 e. The first-order chi connectivity index (χ1) is 14.3. The van der Waals surface area contributed by atoms with Crippen molar-refractivity contribution in [2.75, 3.05) is 11.4 Å². The van der Waals surface area contributed by atoms with E-state index in [9.17, 15) is 13.2 Å². The van der Waals surface area contributed by atoms with Gasteiger partial charge in [0.05, 0.1) is 29.3 Å². The van der Waals surface area contributed by atoms with Crippen LogP contribution in [0.2, 0.25) is 0 Å². The number of hydrogen-bond acceptors (Lipinski definition) is 6. The number of aromatic nitrogens is 2. The van der Waals surface area contributed by atoms with Crippen molar-refractivity contribution in [3.63, 3.8) is 0 Å². The average Bonchev–Trinajstić information content (AvgIpc) is 3.34. The van der Waals surface area contributed by atoms with E-state index in [0.717, 1.165) is 0 Å². The average molecular weight is 474 g/mol. The zero-order chi connectivity index (χ0) is 21.5. The molecule has 4 rings (SSSR count). The van der Waals surface area contributed by atoms with Crippen LogP contribution in [0.1, 0.15) is 28.1 Å². The topological polar surface area (TPSA) is 89.7 Å². The van der Waals surface area contributed by atoms with Crippen molar-refractivity contribution >= 4 is 21.6 Å². The predicted octanol–water partition coefficient (Wildman–Crippen LogP) is 4.82. The summed E-state index contributed by atoms with van der Waals surface area (Å²) < 4.78 is 46.3. The van der Waals surface area contributed by atoms with Crippen molar-refractivity contribution in [3.8, 4) is 23.6 Å². The normalized spacial score (nSPS) is 13.1. The van der Waals surface area contributed by atoms with Crippen molar-refractivity contribution in [2.24, 2.45) is 0 Å². The van der Waals surface area contributed by atoms with Gasteiger partial charge in [-0.05, 0) is 58.2 Å². The SMILES string of the molecule is N#Cc1ccc(-c2nc(CN3CCc4c3ccc(C#N)c4C(F)(F)F)no2)cc1Br. The second kappa shape index (κ2) is 7.47. The first-order valence-electron chi connectivity index (χ1n) is 8.72. The molecule has 10 heteroatoms. The molecule has 150 valence electrons. The Morgan fingerprint density at radius 2 is 1.87 bits per heavy atom. The monoisotopic (exact) mass is 473 g/mol. The van der Waals surface area contributed by atoms with E-state index < -0.39 is 11.7 Å². The summed E-state index contributed by atoms with van der Waals surface area (Å²) in [7, 11) is 0. The van der Waals surface area contributed by atoms with Gasteiger partial charge in [0.15, 0.2) is 5.82 Å². The molecule has 0 spiro atoms. The summed E-state index contributed by atoms with van der Waals surface area (Å²) in [6, 6.07) is 11.3. The maximum atomic E-state index is 13.5. The van der Waals surface area contributed by atoms with Gasteiger partial charge >= 0.3 is 6.18 Å². The molecular formula is C20H11BrF3N5O. The molecule has 0 N–H and O–H groups in total. The number of anilines is 1. The molecule has 0 atom stereocenters. The second-order valence-electron chi connectivity index (χ2n) is 6.59. The van der Waals surface area contributed by atoms with E-state index in [1.807, 2.05) is 6.07 Å². The third-order valence-electron chi connectivity index (χ3n) is 4.80. The molecule has 0 bridgehead atoms. The summed E-state index contributed by atoms with van der Waals surface area (Å²) in [6.07, 6.45) is -4.43.